The number of likely N-dealkylation sites (N-methyl/N-ethyl adjacent to an activating group) is 1. The lowest BCUT2D eigenvalue weighted by Gasteiger charge is -2.21. The normalized spacial score (nSPS) is 16.0. The molecule has 1 unspecified atom stereocenters. The topological polar surface area (TPSA) is 83.5 Å². The van der Waals surface area contributed by atoms with Gasteiger partial charge in [0, 0.05) is 31.4 Å². The maximum Gasteiger partial charge on any atom is 0.273 e. The van der Waals surface area contributed by atoms with Gasteiger partial charge in [0.2, 0.25) is 0 Å². The average Bonchev–Trinajstić information content (AvgIpc) is 3.26. The van der Waals surface area contributed by atoms with Crippen molar-refractivity contribution in [1.29, 1.82) is 0 Å². The summed E-state index contributed by atoms with van der Waals surface area (Å²) in [6.07, 6.45) is 3.51. The Morgan fingerprint density at radius 3 is 2.75 bits per heavy atom. The van der Waals surface area contributed by atoms with Gasteiger partial charge in [0.1, 0.15) is 23.9 Å². The van der Waals surface area contributed by atoms with Crippen LogP contribution in [0.1, 0.15) is 12.1 Å². The van der Waals surface area contributed by atoms with Crippen LogP contribution in [0.5, 0.6) is 5.75 Å². The van der Waals surface area contributed by atoms with Crippen molar-refractivity contribution in [3.8, 4) is 11.4 Å². The number of ether oxygens (including phenoxy) is 1. The Balaban J connectivity index is 1.48. The highest BCUT2D eigenvalue weighted by Gasteiger charge is 2.24. The van der Waals surface area contributed by atoms with Gasteiger partial charge >= 0.3 is 0 Å². The number of anilines is 1. The third-order valence-electron chi connectivity index (χ3n) is 5.51. The van der Waals surface area contributed by atoms with Gasteiger partial charge in [0.25, 0.3) is 11.1 Å². The second-order valence-corrected chi connectivity index (χ2v) is 8.27. The van der Waals surface area contributed by atoms with E-state index >= 15 is 0 Å². The van der Waals surface area contributed by atoms with Gasteiger partial charge in [0.05, 0.1) is 16.9 Å². The molecule has 3 aromatic rings. The summed E-state index contributed by atoms with van der Waals surface area (Å²) >= 11 is 5.74. The van der Waals surface area contributed by atoms with Crippen molar-refractivity contribution in [1.82, 2.24) is 19.4 Å². The first kappa shape index (κ1) is 22.0. The summed E-state index contributed by atoms with van der Waals surface area (Å²) in [7, 11) is 4.09. The predicted molar refractivity (Wildman–Crippen MR) is 121 cm³/mol. The van der Waals surface area contributed by atoms with Crippen LogP contribution in [0, 0.1) is 5.82 Å². The molecule has 0 radical (unpaired) electrons. The summed E-state index contributed by atoms with van der Waals surface area (Å²) in [5.41, 5.74) is -0.122. The molecule has 0 saturated carbocycles. The Bertz CT molecular complexity index is 1240. The molecular formula is C22H23ClFN5O3. The van der Waals surface area contributed by atoms with Gasteiger partial charge in [-0.05, 0) is 44.8 Å². The number of pyridine rings is 3. The van der Waals surface area contributed by atoms with Crippen LogP contribution < -0.4 is 20.8 Å². The van der Waals surface area contributed by atoms with Crippen molar-refractivity contribution in [2.75, 3.05) is 32.1 Å². The summed E-state index contributed by atoms with van der Waals surface area (Å²) in [4.78, 5) is 36.4. The Kier molecular flexibility index (Phi) is 6.29. The minimum Gasteiger partial charge on any atom is -0.487 e. The molecule has 0 aliphatic carbocycles. The molecule has 0 amide bonds. The molecule has 1 fully saturated rings. The molecule has 8 nitrogen and oxygen atoms in total. The third-order valence-corrected chi connectivity index (χ3v) is 5.80. The average molecular weight is 460 g/mol. The molecule has 10 heteroatoms. The van der Waals surface area contributed by atoms with E-state index in [1.807, 2.05) is 20.2 Å². The van der Waals surface area contributed by atoms with Crippen molar-refractivity contribution in [3.63, 3.8) is 0 Å². The van der Waals surface area contributed by atoms with Crippen LogP contribution >= 0.6 is 11.6 Å². The lowest BCUT2D eigenvalue weighted by molar-refractivity contribution is 0.300. The van der Waals surface area contributed by atoms with Crippen LogP contribution in [0.2, 0.25) is 5.02 Å². The SMILES string of the molecule is CN(C)C1CCN(c2ccc(-n3ccc(OCc4cc(Cl)c(F)cn4)cc3=O)c(=O)[nH]2)C1. The quantitative estimate of drug-likeness (QED) is 0.609. The second-order valence-electron chi connectivity index (χ2n) is 7.86. The predicted octanol–water partition coefficient (Wildman–Crippen LogP) is 2.43. The van der Waals surface area contributed by atoms with Crippen molar-refractivity contribution in [2.24, 2.45) is 0 Å². The zero-order chi connectivity index (χ0) is 22.8. The van der Waals surface area contributed by atoms with E-state index in [-0.39, 0.29) is 22.9 Å². The first-order valence-electron chi connectivity index (χ1n) is 10.1. The molecule has 0 bridgehead atoms. The fourth-order valence-electron chi connectivity index (χ4n) is 3.65. The highest BCUT2D eigenvalue weighted by Crippen LogP contribution is 2.20. The molecule has 3 aromatic heterocycles. The number of H-pyrrole nitrogens is 1. The van der Waals surface area contributed by atoms with Crippen molar-refractivity contribution in [2.45, 2.75) is 19.1 Å². The van der Waals surface area contributed by atoms with Crippen molar-refractivity contribution in [3.05, 3.63) is 80.0 Å². The molecule has 4 rings (SSSR count). The molecule has 168 valence electrons. The van der Waals surface area contributed by atoms with E-state index < -0.39 is 11.4 Å². The number of hydrogen-bond donors (Lipinski definition) is 1. The minimum absolute atomic E-state index is 0.0164. The van der Waals surface area contributed by atoms with Crippen LogP contribution in [0.4, 0.5) is 10.2 Å². The molecule has 32 heavy (non-hydrogen) atoms. The maximum atomic E-state index is 13.2. The minimum atomic E-state index is -0.614. The molecule has 1 aliphatic heterocycles. The maximum absolute atomic E-state index is 13.2. The summed E-state index contributed by atoms with van der Waals surface area (Å²) in [6.45, 7) is 1.71. The lowest BCUT2D eigenvalue weighted by Crippen LogP contribution is -2.32. The summed E-state index contributed by atoms with van der Waals surface area (Å²) in [5.74, 6) is 0.423. The Labute approximate surface area is 188 Å². The first-order valence-corrected chi connectivity index (χ1v) is 10.5. The number of rotatable bonds is 6. The molecule has 4 heterocycles. The van der Waals surface area contributed by atoms with E-state index in [9.17, 15) is 14.0 Å². The van der Waals surface area contributed by atoms with E-state index in [0.717, 1.165) is 31.5 Å². The zero-order valence-electron chi connectivity index (χ0n) is 17.7. The molecule has 1 saturated heterocycles. The highest BCUT2D eigenvalue weighted by molar-refractivity contribution is 6.30. The largest absolute Gasteiger partial charge is 0.487 e. The number of nitrogens with one attached hydrogen (secondary N) is 1. The van der Waals surface area contributed by atoms with Gasteiger partial charge in [0.15, 0.2) is 5.82 Å². The van der Waals surface area contributed by atoms with Crippen LogP contribution in [-0.2, 0) is 6.61 Å². The highest BCUT2D eigenvalue weighted by atomic mass is 35.5. The Hall–Kier alpha value is -3.17. The number of nitrogens with zero attached hydrogens (tertiary/aromatic N) is 4. The molecule has 0 spiro atoms. The van der Waals surface area contributed by atoms with Crippen LogP contribution in [0.15, 0.2) is 52.3 Å². The monoisotopic (exact) mass is 459 g/mol. The van der Waals surface area contributed by atoms with Gasteiger partial charge in [-0.1, -0.05) is 11.6 Å². The second kappa shape index (κ2) is 9.13. The van der Waals surface area contributed by atoms with Crippen molar-refractivity contribution < 1.29 is 9.13 Å². The zero-order valence-corrected chi connectivity index (χ0v) is 18.5. The fourth-order valence-corrected chi connectivity index (χ4v) is 3.83. The first-order chi connectivity index (χ1) is 15.3. The van der Waals surface area contributed by atoms with Gasteiger partial charge in [-0.25, -0.2) is 4.39 Å². The summed E-state index contributed by atoms with van der Waals surface area (Å²) in [6, 6.07) is 8.11. The van der Waals surface area contributed by atoms with E-state index in [1.165, 1.54) is 22.9 Å². The van der Waals surface area contributed by atoms with E-state index in [4.69, 9.17) is 16.3 Å². The van der Waals surface area contributed by atoms with Crippen LogP contribution in [-0.4, -0.2) is 52.7 Å². The number of halogens is 2. The molecule has 1 atom stereocenters. The van der Waals surface area contributed by atoms with Gasteiger partial charge < -0.3 is 19.5 Å². The van der Waals surface area contributed by atoms with E-state index in [1.54, 1.807) is 12.1 Å². The fraction of sp³-hybridized carbons (Fsp3) is 0.318. The molecular weight excluding hydrogens is 437 g/mol. The number of aromatic nitrogens is 3. The van der Waals surface area contributed by atoms with Gasteiger partial charge in [-0.15, -0.1) is 0 Å². The Morgan fingerprint density at radius 1 is 1.28 bits per heavy atom. The van der Waals surface area contributed by atoms with E-state index in [2.05, 4.69) is 19.8 Å². The van der Waals surface area contributed by atoms with E-state index in [0.29, 0.717) is 17.5 Å². The van der Waals surface area contributed by atoms with Gasteiger partial charge in [-0.3, -0.25) is 19.1 Å². The smallest absolute Gasteiger partial charge is 0.273 e. The standard InChI is InChI=1S/C22H23ClFN5O3/c1-27(2)15-5-7-28(12-15)20-4-3-19(22(31)26-20)29-8-6-16(10-21(29)30)32-13-14-9-17(23)18(24)11-25-14/h3-4,6,8-11,15H,5,7,12-13H2,1-2H3,(H,26,31). The van der Waals surface area contributed by atoms with Crippen molar-refractivity contribution >= 4 is 17.4 Å². The molecule has 0 aromatic carbocycles. The lowest BCUT2D eigenvalue weighted by atomic mass is 10.2. The molecule has 1 aliphatic rings. The number of hydrogen-bond acceptors (Lipinski definition) is 6. The Morgan fingerprint density at radius 2 is 2.09 bits per heavy atom. The summed E-state index contributed by atoms with van der Waals surface area (Å²) in [5, 5.41) is -0.0529. The molecule has 1 N–H and O–H groups in total. The third kappa shape index (κ3) is 4.68. The van der Waals surface area contributed by atoms with Gasteiger partial charge in [-0.2, -0.15) is 0 Å². The van der Waals surface area contributed by atoms with Crippen LogP contribution in [0.25, 0.3) is 5.69 Å². The summed E-state index contributed by atoms with van der Waals surface area (Å²) < 4.78 is 20.0. The van der Waals surface area contributed by atoms with Crippen LogP contribution in [0.3, 0.4) is 0 Å². The number of aromatic amines is 1.